The van der Waals surface area contributed by atoms with Crippen molar-refractivity contribution in [2.24, 2.45) is 0 Å². The van der Waals surface area contributed by atoms with Gasteiger partial charge in [-0.25, -0.2) is 8.78 Å². The molecule has 1 unspecified atom stereocenters. The number of hydrogen-bond donors (Lipinski definition) is 1. The first-order valence-corrected chi connectivity index (χ1v) is 6.47. The zero-order chi connectivity index (χ0) is 14.7. The number of nitrogens with zero attached hydrogens (tertiary/aromatic N) is 1. The van der Waals surface area contributed by atoms with Crippen LogP contribution in [0.2, 0.25) is 0 Å². The monoisotopic (exact) mass is 276 g/mol. The molecule has 0 bridgehead atoms. The van der Waals surface area contributed by atoms with E-state index >= 15 is 0 Å². The molecule has 0 spiro atoms. The van der Waals surface area contributed by atoms with E-state index in [-0.39, 0.29) is 17.7 Å². The van der Waals surface area contributed by atoms with Crippen molar-refractivity contribution in [3.05, 3.63) is 65.2 Å². The minimum Gasteiger partial charge on any atom is -0.399 e. The summed E-state index contributed by atoms with van der Waals surface area (Å²) in [4.78, 5) is 1.90. The summed E-state index contributed by atoms with van der Waals surface area (Å²) in [6.07, 6.45) is 0. The average Bonchev–Trinajstić information content (AvgIpc) is 2.41. The van der Waals surface area contributed by atoms with E-state index in [9.17, 15) is 8.78 Å². The summed E-state index contributed by atoms with van der Waals surface area (Å²) in [5, 5.41) is 0. The Bertz CT molecular complexity index is 599. The van der Waals surface area contributed by atoms with Crippen LogP contribution in [0.15, 0.2) is 42.5 Å². The maximum atomic E-state index is 13.8. The van der Waals surface area contributed by atoms with Crippen molar-refractivity contribution in [1.82, 2.24) is 4.90 Å². The maximum absolute atomic E-state index is 13.8. The predicted molar refractivity (Wildman–Crippen MR) is 77.1 cm³/mol. The van der Waals surface area contributed by atoms with Crippen molar-refractivity contribution >= 4 is 5.69 Å². The summed E-state index contributed by atoms with van der Waals surface area (Å²) in [6, 6.07) is 11.1. The quantitative estimate of drug-likeness (QED) is 0.862. The van der Waals surface area contributed by atoms with E-state index in [0.29, 0.717) is 23.4 Å². The molecule has 2 N–H and O–H groups in total. The lowest BCUT2D eigenvalue weighted by atomic mass is 10.1. The Labute approximate surface area is 117 Å². The van der Waals surface area contributed by atoms with Gasteiger partial charge in [-0.05, 0) is 32.2 Å². The summed E-state index contributed by atoms with van der Waals surface area (Å²) >= 11 is 0. The van der Waals surface area contributed by atoms with Crippen molar-refractivity contribution in [3.8, 4) is 0 Å². The number of hydrogen-bond acceptors (Lipinski definition) is 2. The fourth-order valence-electron chi connectivity index (χ4n) is 2.15. The number of nitrogen functional groups attached to an aromatic ring is 1. The Balaban J connectivity index is 2.15. The number of nitrogens with two attached hydrogens (primary N) is 1. The van der Waals surface area contributed by atoms with Gasteiger partial charge >= 0.3 is 0 Å². The molecule has 2 nitrogen and oxygen atoms in total. The van der Waals surface area contributed by atoms with Gasteiger partial charge in [0.05, 0.1) is 0 Å². The lowest BCUT2D eigenvalue weighted by Gasteiger charge is -2.25. The highest BCUT2D eigenvalue weighted by molar-refractivity contribution is 5.40. The summed E-state index contributed by atoms with van der Waals surface area (Å²) in [6.45, 7) is 2.29. The third kappa shape index (κ3) is 3.14. The van der Waals surface area contributed by atoms with E-state index in [2.05, 4.69) is 0 Å². The Morgan fingerprint density at radius 1 is 1.10 bits per heavy atom. The molecular formula is C16H18F2N2. The molecule has 0 saturated carbocycles. The summed E-state index contributed by atoms with van der Waals surface area (Å²) in [5.74, 6) is -0.581. The zero-order valence-corrected chi connectivity index (χ0v) is 11.6. The second kappa shape index (κ2) is 6.01. The normalized spacial score (nSPS) is 12.7. The molecular weight excluding hydrogens is 258 g/mol. The molecule has 0 radical (unpaired) electrons. The van der Waals surface area contributed by atoms with Crippen LogP contribution in [0.5, 0.6) is 0 Å². The molecule has 20 heavy (non-hydrogen) atoms. The smallest absolute Gasteiger partial charge is 0.129 e. The number of anilines is 1. The van der Waals surface area contributed by atoms with Crippen LogP contribution in [0.1, 0.15) is 24.1 Å². The van der Waals surface area contributed by atoms with Crippen LogP contribution < -0.4 is 5.73 Å². The molecule has 2 aromatic carbocycles. The van der Waals surface area contributed by atoms with Crippen molar-refractivity contribution < 1.29 is 8.78 Å². The minimum atomic E-state index is -0.336. The fourth-order valence-corrected chi connectivity index (χ4v) is 2.15. The Morgan fingerprint density at radius 3 is 2.45 bits per heavy atom. The third-order valence-corrected chi connectivity index (χ3v) is 3.51. The molecule has 0 fully saturated rings. The average molecular weight is 276 g/mol. The van der Waals surface area contributed by atoms with Crippen molar-refractivity contribution in [2.45, 2.75) is 19.5 Å². The molecule has 4 heteroatoms. The molecule has 0 saturated heterocycles. The molecule has 0 aliphatic heterocycles. The molecule has 0 heterocycles. The molecule has 2 aromatic rings. The largest absolute Gasteiger partial charge is 0.399 e. The van der Waals surface area contributed by atoms with E-state index in [1.807, 2.05) is 18.9 Å². The first kappa shape index (κ1) is 14.5. The first-order chi connectivity index (χ1) is 9.49. The minimum absolute atomic E-state index is 0.145. The van der Waals surface area contributed by atoms with Gasteiger partial charge in [-0.3, -0.25) is 4.90 Å². The van der Waals surface area contributed by atoms with Crippen LogP contribution >= 0.6 is 0 Å². The molecule has 0 aliphatic carbocycles. The van der Waals surface area contributed by atoms with Gasteiger partial charge in [0.1, 0.15) is 11.6 Å². The van der Waals surface area contributed by atoms with Crippen LogP contribution in [0.4, 0.5) is 14.5 Å². The molecule has 0 aliphatic rings. The molecule has 1 atom stereocenters. The number of benzene rings is 2. The highest BCUT2D eigenvalue weighted by Gasteiger charge is 2.16. The fraction of sp³-hybridized carbons (Fsp3) is 0.250. The predicted octanol–water partition coefficient (Wildman–Crippen LogP) is 3.74. The maximum Gasteiger partial charge on any atom is 0.129 e. The van der Waals surface area contributed by atoms with E-state index in [1.165, 1.54) is 12.1 Å². The van der Waals surface area contributed by atoms with Crippen molar-refractivity contribution in [3.63, 3.8) is 0 Å². The van der Waals surface area contributed by atoms with Gasteiger partial charge in [-0.1, -0.05) is 24.3 Å². The number of halogens is 2. The van der Waals surface area contributed by atoms with E-state index in [1.54, 1.807) is 30.3 Å². The summed E-state index contributed by atoms with van der Waals surface area (Å²) in [5.41, 5.74) is 7.07. The van der Waals surface area contributed by atoms with E-state index in [4.69, 9.17) is 5.73 Å². The van der Waals surface area contributed by atoms with Crippen molar-refractivity contribution in [2.75, 3.05) is 12.8 Å². The Hall–Kier alpha value is -1.94. The van der Waals surface area contributed by atoms with Gasteiger partial charge in [0.25, 0.3) is 0 Å². The van der Waals surface area contributed by atoms with Crippen molar-refractivity contribution in [1.29, 1.82) is 0 Å². The molecule has 2 rings (SSSR count). The highest BCUT2D eigenvalue weighted by atomic mass is 19.1. The molecule has 106 valence electrons. The van der Waals surface area contributed by atoms with Gasteiger partial charge < -0.3 is 5.73 Å². The van der Waals surface area contributed by atoms with Gasteiger partial charge in [-0.2, -0.15) is 0 Å². The topological polar surface area (TPSA) is 29.3 Å². The zero-order valence-electron chi connectivity index (χ0n) is 11.6. The van der Waals surface area contributed by atoms with Crippen LogP contribution in [-0.4, -0.2) is 11.9 Å². The third-order valence-electron chi connectivity index (χ3n) is 3.51. The first-order valence-electron chi connectivity index (χ1n) is 6.47. The van der Waals surface area contributed by atoms with Crippen LogP contribution in [-0.2, 0) is 6.54 Å². The van der Waals surface area contributed by atoms with Gasteiger partial charge in [0, 0.05) is 29.4 Å². The highest BCUT2D eigenvalue weighted by Crippen LogP contribution is 2.24. The SMILES string of the molecule is CC(c1ccccc1F)N(C)Cc1ccc(N)cc1F. The van der Waals surface area contributed by atoms with Crippen LogP contribution in [0.25, 0.3) is 0 Å². The van der Waals surface area contributed by atoms with Gasteiger partial charge in [0.2, 0.25) is 0 Å². The second-order valence-corrected chi connectivity index (χ2v) is 4.96. The number of rotatable bonds is 4. The lowest BCUT2D eigenvalue weighted by Crippen LogP contribution is -2.23. The van der Waals surface area contributed by atoms with Gasteiger partial charge in [-0.15, -0.1) is 0 Å². The van der Waals surface area contributed by atoms with E-state index in [0.717, 1.165) is 0 Å². The van der Waals surface area contributed by atoms with E-state index < -0.39 is 0 Å². The molecule has 0 amide bonds. The van der Waals surface area contributed by atoms with Crippen LogP contribution in [0, 0.1) is 11.6 Å². The second-order valence-electron chi connectivity index (χ2n) is 4.96. The Morgan fingerprint density at radius 2 is 1.80 bits per heavy atom. The molecule has 0 aromatic heterocycles. The summed E-state index contributed by atoms with van der Waals surface area (Å²) < 4.78 is 27.5. The van der Waals surface area contributed by atoms with Crippen LogP contribution in [0.3, 0.4) is 0 Å². The lowest BCUT2D eigenvalue weighted by molar-refractivity contribution is 0.244. The van der Waals surface area contributed by atoms with Gasteiger partial charge in [0.15, 0.2) is 0 Å². The Kier molecular flexibility index (Phi) is 4.35. The summed E-state index contributed by atoms with van der Waals surface area (Å²) in [7, 11) is 1.84. The standard InChI is InChI=1S/C16H18F2N2/c1-11(14-5-3-4-6-15(14)17)20(2)10-12-7-8-13(19)9-16(12)18/h3-9,11H,10,19H2,1-2H3.